The van der Waals surface area contributed by atoms with Crippen LogP contribution in [0.5, 0.6) is 0 Å². The molecule has 0 aromatic heterocycles. The second-order valence-electron chi connectivity index (χ2n) is 4.77. The molecule has 0 saturated heterocycles. The zero-order valence-corrected chi connectivity index (χ0v) is 11.1. The van der Waals surface area contributed by atoms with Crippen LogP contribution in [0.3, 0.4) is 0 Å². The molecule has 0 aliphatic heterocycles. The van der Waals surface area contributed by atoms with Crippen LogP contribution in [0.15, 0.2) is 24.3 Å². The minimum Gasteiger partial charge on any atom is -0.350 e. The number of nitrogens with two attached hydrogens (primary N) is 1. The standard InChI is InChI=1S/C13H19ClN2O/c1-13(2,16-12(17)9-15)7-6-10-4-3-5-11(14)8-10/h3-5,8H,6-7,9,15H2,1-2H3,(H,16,17). The summed E-state index contributed by atoms with van der Waals surface area (Å²) >= 11 is 5.92. The summed E-state index contributed by atoms with van der Waals surface area (Å²) < 4.78 is 0. The van der Waals surface area contributed by atoms with E-state index in [9.17, 15) is 4.79 Å². The predicted octanol–water partition coefficient (Wildman–Crippen LogP) is 2.13. The highest BCUT2D eigenvalue weighted by atomic mass is 35.5. The average molecular weight is 255 g/mol. The number of amides is 1. The molecule has 3 N–H and O–H groups in total. The van der Waals surface area contributed by atoms with Crippen molar-refractivity contribution in [2.24, 2.45) is 5.73 Å². The molecule has 1 amide bonds. The Kier molecular flexibility index (Phi) is 4.97. The van der Waals surface area contributed by atoms with Crippen molar-refractivity contribution in [3.63, 3.8) is 0 Å². The normalized spacial score (nSPS) is 11.3. The summed E-state index contributed by atoms with van der Waals surface area (Å²) in [6, 6.07) is 7.77. The molecular weight excluding hydrogens is 236 g/mol. The van der Waals surface area contributed by atoms with Gasteiger partial charge in [-0.1, -0.05) is 23.7 Å². The summed E-state index contributed by atoms with van der Waals surface area (Å²) in [5.41, 5.74) is 6.20. The maximum Gasteiger partial charge on any atom is 0.234 e. The van der Waals surface area contributed by atoms with Crippen LogP contribution in [-0.2, 0) is 11.2 Å². The Morgan fingerprint density at radius 2 is 2.18 bits per heavy atom. The summed E-state index contributed by atoms with van der Waals surface area (Å²) in [5.74, 6) is -0.124. The number of benzene rings is 1. The highest BCUT2D eigenvalue weighted by molar-refractivity contribution is 6.30. The number of rotatable bonds is 5. The zero-order chi connectivity index (χ0) is 12.9. The van der Waals surface area contributed by atoms with Gasteiger partial charge < -0.3 is 11.1 Å². The third-order valence-electron chi connectivity index (χ3n) is 2.59. The van der Waals surface area contributed by atoms with E-state index in [0.29, 0.717) is 0 Å². The summed E-state index contributed by atoms with van der Waals surface area (Å²) in [4.78, 5) is 11.2. The number of nitrogens with one attached hydrogen (secondary N) is 1. The van der Waals surface area contributed by atoms with Crippen molar-refractivity contribution < 1.29 is 4.79 Å². The Labute approximate surface area is 107 Å². The first-order valence-electron chi connectivity index (χ1n) is 5.68. The Morgan fingerprint density at radius 3 is 2.76 bits per heavy atom. The molecule has 4 heteroatoms. The van der Waals surface area contributed by atoms with Gasteiger partial charge in [0.2, 0.25) is 5.91 Å². The van der Waals surface area contributed by atoms with Gasteiger partial charge in [-0.2, -0.15) is 0 Å². The topological polar surface area (TPSA) is 55.1 Å². The Balaban J connectivity index is 2.52. The molecule has 17 heavy (non-hydrogen) atoms. The van der Waals surface area contributed by atoms with Crippen molar-refractivity contribution in [2.75, 3.05) is 6.54 Å². The van der Waals surface area contributed by atoms with Crippen LogP contribution in [0.2, 0.25) is 5.02 Å². The predicted molar refractivity (Wildman–Crippen MR) is 71.0 cm³/mol. The molecule has 0 saturated carbocycles. The van der Waals surface area contributed by atoms with Crippen LogP contribution in [-0.4, -0.2) is 18.0 Å². The maximum atomic E-state index is 11.2. The van der Waals surface area contributed by atoms with Crippen LogP contribution in [0, 0.1) is 0 Å². The molecule has 1 aromatic rings. The number of hydrogen-bond donors (Lipinski definition) is 2. The molecule has 1 aromatic carbocycles. The molecule has 0 heterocycles. The highest BCUT2D eigenvalue weighted by Crippen LogP contribution is 2.16. The van der Waals surface area contributed by atoms with Gasteiger partial charge >= 0.3 is 0 Å². The van der Waals surface area contributed by atoms with E-state index in [-0.39, 0.29) is 18.0 Å². The number of carbonyl (C=O) groups is 1. The van der Waals surface area contributed by atoms with Crippen LogP contribution in [0.25, 0.3) is 0 Å². The first kappa shape index (κ1) is 14.0. The Bertz CT molecular complexity index is 391. The third-order valence-corrected chi connectivity index (χ3v) is 2.83. The molecular formula is C13H19ClN2O. The van der Waals surface area contributed by atoms with E-state index in [0.717, 1.165) is 17.9 Å². The Hall–Kier alpha value is -1.06. The molecule has 0 aliphatic rings. The van der Waals surface area contributed by atoms with Crippen molar-refractivity contribution in [1.29, 1.82) is 0 Å². The van der Waals surface area contributed by atoms with Crippen molar-refractivity contribution in [1.82, 2.24) is 5.32 Å². The minimum atomic E-state index is -0.251. The van der Waals surface area contributed by atoms with Crippen molar-refractivity contribution in [3.8, 4) is 0 Å². The lowest BCUT2D eigenvalue weighted by molar-refractivity contribution is -0.121. The monoisotopic (exact) mass is 254 g/mol. The van der Waals surface area contributed by atoms with Gasteiger partial charge in [-0.05, 0) is 44.4 Å². The first-order chi connectivity index (χ1) is 7.93. The van der Waals surface area contributed by atoms with Crippen LogP contribution >= 0.6 is 11.6 Å². The number of halogens is 1. The first-order valence-corrected chi connectivity index (χ1v) is 6.06. The fourth-order valence-electron chi connectivity index (χ4n) is 1.64. The number of hydrogen-bond acceptors (Lipinski definition) is 2. The summed E-state index contributed by atoms with van der Waals surface area (Å²) in [6.45, 7) is 4.01. The molecule has 3 nitrogen and oxygen atoms in total. The molecule has 0 unspecified atom stereocenters. The minimum absolute atomic E-state index is 0.0284. The second kappa shape index (κ2) is 6.03. The van der Waals surface area contributed by atoms with Crippen molar-refractivity contribution in [3.05, 3.63) is 34.9 Å². The third kappa shape index (κ3) is 5.20. The fraction of sp³-hybridized carbons (Fsp3) is 0.462. The lowest BCUT2D eigenvalue weighted by atomic mass is 9.95. The van der Waals surface area contributed by atoms with Gasteiger partial charge in [0.25, 0.3) is 0 Å². The van der Waals surface area contributed by atoms with Crippen LogP contribution < -0.4 is 11.1 Å². The van der Waals surface area contributed by atoms with Gasteiger partial charge in [0, 0.05) is 10.6 Å². The average Bonchev–Trinajstić information content (AvgIpc) is 2.26. The molecule has 0 fully saturated rings. The molecule has 0 atom stereocenters. The lowest BCUT2D eigenvalue weighted by Crippen LogP contribution is -2.46. The maximum absolute atomic E-state index is 11.2. The van der Waals surface area contributed by atoms with E-state index in [1.54, 1.807) is 0 Å². The van der Waals surface area contributed by atoms with Gasteiger partial charge in [0.05, 0.1) is 6.54 Å². The largest absolute Gasteiger partial charge is 0.350 e. The zero-order valence-electron chi connectivity index (χ0n) is 10.3. The highest BCUT2D eigenvalue weighted by Gasteiger charge is 2.19. The molecule has 94 valence electrons. The summed E-state index contributed by atoms with van der Waals surface area (Å²) in [5, 5.41) is 3.64. The van der Waals surface area contributed by atoms with Crippen LogP contribution in [0.4, 0.5) is 0 Å². The summed E-state index contributed by atoms with van der Waals surface area (Å²) in [7, 11) is 0. The van der Waals surface area contributed by atoms with E-state index in [1.807, 2.05) is 38.1 Å². The molecule has 0 bridgehead atoms. The quantitative estimate of drug-likeness (QED) is 0.846. The van der Waals surface area contributed by atoms with E-state index >= 15 is 0 Å². The van der Waals surface area contributed by atoms with Gasteiger partial charge in [-0.25, -0.2) is 0 Å². The molecule has 0 aliphatic carbocycles. The van der Waals surface area contributed by atoms with Gasteiger partial charge in [-0.3, -0.25) is 4.79 Å². The molecule has 0 spiro atoms. The molecule has 1 rings (SSSR count). The van der Waals surface area contributed by atoms with Gasteiger partial charge in [0.15, 0.2) is 0 Å². The summed E-state index contributed by atoms with van der Waals surface area (Å²) in [6.07, 6.45) is 1.72. The fourth-order valence-corrected chi connectivity index (χ4v) is 1.85. The van der Waals surface area contributed by atoms with E-state index < -0.39 is 0 Å². The molecule has 0 radical (unpaired) electrons. The van der Waals surface area contributed by atoms with Gasteiger partial charge in [0.1, 0.15) is 0 Å². The van der Waals surface area contributed by atoms with E-state index in [4.69, 9.17) is 17.3 Å². The van der Waals surface area contributed by atoms with Crippen molar-refractivity contribution in [2.45, 2.75) is 32.2 Å². The van der Waals surface area contributed by atoms with E-state index in [2.05, 4.69) is 5.32 Å². The second-order valence-corrected chi connectivity index (χ2v) is 5.20. The van der Waals surface area contributed by atoms with Gasteiger partial charge in [-0.15, -0.1) is 0 Å². The lowest BCUT2D eigenvalue weighted by Gasteiger charge is -2.26. The SMILES string of the molecule is CC(C)(CCc1cccc(Cl)c1)NC(=O)CN. The van der Waals surface area contributed by atoms with E-state index in [1.165, 1.54) is 5.56 Å². The Morgan fingerprint density at radius 1 is 1.47 bits per heavy atom. The van der Waals surface area contributed by atoms with Crippen LogP contribution in [0.1, 0.15) is 25.8 Å². The van der Waals surface area contributed by atoms with Crippen molar-refractivity contribution >= 4 is 17.5 Å². The smallest absolute Gasteiger partial charge is 0.234 e. The number of aryl methyl sites for hydroxylation is 1. The number of carbonyl (C=O) groups excluding carboxylic acids is 1.